The summed E-state index contributed by atoms with van der Waals surface area (Å²) < 4.78 is 11.5. The average Bonchev–Trinajstić information content (AvgIpc) is 2.85. The van der Waals surface area contributed by atoms with Crippen LogP contribution in [0.5, 0.6) is 5.75 Å². The highest BCUT2D eigenvalue weighted by Gasteiger charge is 2.36. The first kappa shape index (κ1) is 16.8. The Morgan fingerprint density at radius 3 is 3.12 bits per heavy atom. The molecule has 2 saturated heterocycles. The van der Waals surface area contributed by atoms with E-state index in [4.69, 9.17) is 9.47 Å². The van der Waals surface area contributed by atoms with Crippen molar-refractivity contribution in [3.8, 4) is 5.75 Å². The second kappa shape index (κ2) is 7.32. The maximum absolute atomic E-state index is 12.5. The number of amides is 1. The molecule has 0 saturated carbocycles. The second-order valence-corrected chi connectivity index (χ2v) is 7.42. The van der Waals surface area contributed by atoms with Crippen LogP contribution in [0.1, 0.15) is 18.9 Å². The summed E-state index contributed by atoms with van der Waals surface area (Å²) in [5.74, 6) is 1.05. The van der Waals surface area contributed by atoms with Crippen molar-refractivity contribution in [2.45, 2.75) is 38.1 Å². The van der Waals surface area contributed by atoms with E-state index in [1.165, 1.54) is 0 Å². The van der Waals surface area contributed by atoms with Gasteiger partial charge in [-0.15, -0.1) is 0 Å². The molecule has 0 unspecified atom stereocenters. The van der Waals surface area contributed by atoms with Gasteiger partial charge in [-0.3, -0.25) is 14.6 Å². The number of fused-ring (bicyclic) bond motifs is 2. The summed E-state index contributed by atoms with van der Waals surface area (Å²) in [7, 11) is 0. The molecule has 0 aliphatic carbocycles. The fourth-order valence-electron chi connectivity index (χ4n) is 4.14. The molecule has 3 atom stereocenters. The molecule has 0 bridgehead atoms. The van der Waals surface area contributed by atoms with E-state index in [2.05, 4.69) is 28.1 Å². The monoisotopic (exact) mass is 345 g/mol. The number of para-hydroxylation sites is 1. The molecule has 6 nitrogen and oxygen atoms in total. The standard InChI is InChI=1S/C19H27N3O3/c1-14-9-22-11-16(8-17(22)13-25-14)20-19(23)12-21-6-7-24-18-5-3-2-4-15(18)10-21/h2-5,14,16-17H,6-13H2,1H3,(H,20,23)/t14-,16-,17-/m0/s1. The Balaban J connectivity index is 1.29. The highest BCUT2D eigenvalue weighted by molar-refractivity contribution is 5.78. The van der Waals surface area contributed by atoms with E-state index in [-0.39, 0.29) is 11.9 Å². The minimum atomic E-state index is 0.109. The molecule has 0 aromatic heterocycles. The molecule has 25 heavy (non-hydrogen) atoms. The zero-order valence-electron chi connectivity index (χ0n) is 14.8. The highest BCUT2D eigenvalue weighted by atomic mass is 16.5. The Hall–Kier alpha value is -1.63. The summed E-state index contributed by atoms with van der Waals surface area (Å²) in [4.78, 5) is 17.1. The Labute approximate surface area is 149 Å². The number of nitrogens with zero attached hydrogens (tertiary/aromatic N) is 2. The Morgan fingerprint density at radius 1 is 1.32 bits per heavy atom. The van der Waals surface area contributed by atoms with Crippen LogP contribution >= 0.6 is 0 Å². The van der Waals surface area contributed by atoms with Crippen LogP contribution in [-0.4, -0.2) is 73.3 Å². The number of carbonyl (C=O) groups excluding carboxylic acids is 1. The summed E-state index contributed by atoms with van der Waals surface area (Å²) in [5.41, 5.74) is 1.15. The van der Waals surface area contributed by atoms with Gasteiger partial charge in [0.15, 0.2) is 0 Å². The lowest BCUT2D eigenvalue weighted by molar-refractivity contribution is -0.123. The molecule has 4 rings (SSSR count). The predicted molar refractivity (Wildman–Crippen MR) is 94.5 cm³/mol. The Bertz CT molecular complexity index is 624. The first-order valence-electron chi connectivity index (χ1n) is 9.25. The third-order valence-corrected chi connectivity index (χ3v) is 5.36. The number of carbonyl (C=O) groups is 1. The van der Waals surface area contributed by atoms with Crippen molar-refractivity contribution in [1.82, 2.24) is 15.1 Å². The lowest BCUT2D eigenvalue weighted by atomic mass is 10.1. The summed E-state index contributed by atoms with van der Waals surface area (Å²) in [6.45, 7) is 7.38. The van der Waals surface area contributed by atoms with Gasteiger partial charge in [0, 0.05) is 43.8 Å². The van der Waals surface area contributed by atoms with Crippen LogP contribution in [0.25, 0.3) is 0 Å². The van der Waals surface area contributed by atoms with Crippen molar-refractivity contribution in [1.29, 1.82) is 0 Å². The summed E-state index contributed by atoms with van der Waals surface area (Å²) in [5, 5.41) is 3.22. The fraction of sp³-hybridized carbons (Fsp3) is 0.632. The van der Waals surface area contributed by atoms with Crippen LogP contribution < -0.4 is 10.1 Å². The molecule has 1 N–H and O–H groups in total. The van der Waals surface area contributed by atoms with Gasteiger partial charge < -0.3 is 14.8 Å². The molecular weight excluding hydrogens is 318 g/mol. The largest absolute Gasteiger partial charge is 0.492 e. The van der Waals surface area contributed by atoms with Gasteiger partial charge in [-0.2, -0.15) is 0 Å². The van der Waals surface area contributed by atoms with Gasteiger partial charge in [0.1, 0.15) is 12.4 Å². The number of ether oxygens (including phenoxy) is 2. The second-order valence-electron chi connectivity index (χ2n) is 7.42. The quantitative estimate of drug-likeness (QED) is 0.881. The number of nitrogens with one attached hydrogen (secondary N) is 1. The molecule has 2 fully saturated rings. The third kappa shape index (κ3) is 3.97. The van der Waals surface area contributed by atoms with Crippen molar-refractivity contribution in [3.05, 3.63) is 29.8 Å². The average molecular weight is 345 g/mol. The molecule has 136 valence electrons. The summed E-state index contributed by atoms with van der Waals surface area (Å²) >= 11 is 0. The number of rotatable bonds is 3. The van der Waals surface area contributed by atoms with E-state index < -0.39 is 0 Å². The molecule has 1 aromatic carbocycles. The predicted octanol–water partition coefficient (Wildman–Crippen LogP) is 0.859. The molecule has 0 spiro atoms. The van der Waals surface area contributed by atoms with Gasteiger partial charge in [0.25, 0.3) is 0 Å². The van der Waals surface area contributed by atoms with Gasteiger partial charge in [-0.25, -0.2) is 0 Å². The van der Waals surface area contributed by atoms with Crippen molar-refractivity contribution in [3.63, 3.8) is 0 Å². The van der Waals surface area contributed by atoms with Crippen LogP contribution in [0.4, 0.5) is 0 Å². The first-order chi connectivity index (χ1) is 12.2. The topological polar surface area (TPSA) is 54.0 Å². The van der Waals surface area contributed by atoms with Gasteiger partial charge in [0.05, 0.1) is 19.3 Å². The SMILES string of the molecule is C[C@H]1CN2C[C@@H](NC(=O)CN3CCOc4ccccc4C3)C[C@H]2CO1. The van der Waals surface area contributed by atoms with Crippen LogP contribution in [0.2, 0.25) is 0 Å². The fourth-order valence-corrected chi connectivity index (χ4v) is 4.14. The third-order valence-electron chi connectivity index (χ3n) is 5.36. The highest BCUT2D eigenvalue weighted by Crippen LogP contribution is 2.24. The minimum Gasteiger partial charge on any atom is -0.492 e. The van der Waals surface area contributed by atoms with Crippen LogP contribution in [0, 0.1) is 0 Å². The maximum Gasteiger partial charge on any atom is 0.234 e. The molecule has 3 aliphatic heterocycles. The molecule has 3 heterocycles. The zero-order chi connectivity index (χ0) is 17.2. The van der Waals surface area contributed by atoms with Crippen LogP contribution in [0.15, 0.2) is 24.3 Å². The molecule has 1 amide bonds. The smallest absolute Gasteiger partial charge is 0.234 e. The molecule has 6 heteroatoms. The van der Waals surface area contributed by atoms with Gasteiger partial charge in [-0.1, -0.05) is 18.2 Å². The van der Waals surface area contributed by atoms with E-state index in [0.29, 0.717) is 25.3 Å². The van der Waals surface area contributed by atoms with E-state index in [9.17, 15) is 4.79 Å². The van der Waals surface area contributed by atoms with E-state index in [1.807, 2.05) is 18.2 Å². The molecule has 0 radical (unpaired) electrons. The van der Waals surface area contributed by atoms with Crippen molar-refractivity contribution >= 4 is 5.91 Å². The minimum absolute atomic E-state index is 0.109. The van der Waals surface area contributed by atoms with Crippen molar-refractivity contribution in [2.24, 2.45) is 0 Å². The van der Waals surface area contributed by atoms with Gasteiger partial charge >= 0.3 is 0 Å². The molecular formula is C19H27N3O3. The summed E-state index contributed by atoms with van der Waals surface area (Å²) in [6.07, 6.45) is 1.28. The lowest BCUT2D eigenvalue weighted by Crippen LogP contribution is -2.46. The zero-order valence-corrected chi connectivity index (χ0v) is 14.8. The summed E-state index contributed by atoms with van der Waals surface area (Å²) in [6, 6.07) is 8.77. The Morgan fingerprint density at radius 2 is 2.20 bits per heavy atom. The van der Waals surface area contributed by atoms with Gasteiger partial charge in [0.2, 0.25) is 5.91 Å². The van der Waals surface area contributed by atoms with Crippen LogP contribution in [-0.2, 0) is 16.1 Å². The van der Waals surface area contributed by atoms with E-state index in [1.54, 1.807) is 0 Å². The Kier molecular flexibility index (Phi) is 4.92. The van der Waals surface area contributed by atoms with E-state index in [0.717, 1.165) is 50.5 Å². The van der Waals surface area contributed by atoms with Gasteiger partial charge in [-0.05, 0) is 19.4 Å². The van der Waals surface area contributed by atoms with Crippen molar-refractivity contribution in [2.75, 3.05) is 39.4 Å². The lowest BCUT2D eigenvalue weighted by Gasteiger charge is -2.33. The molecule has 1 aromatic rings. The van der Waals surface area contributed by atoms with E-state index >= 15 is 0 Å². The number of benzene rings is 1. The number of hydrogen-bond acceptors (Lipinski definition) is 5. The molecule has 3 aliphatic rings. The normalized spacial score (nSPS) is 30.0. The van der Waals surface area contributed by atoms with Crippen molar-refractivity contribution < 1.29 is 14.3 Å². The maximum atomic E-state index is 12.5. The van der Waals surface area contributed by atoms with Crippen LogP contribution in [0.3, 0.4) is 0 Å². The first-order valence-corrected chi connectivity index (χ1v) is 9.25. The number of hydrogen-bond donors (Lipinski definition) is 1. The number of morpholine rings is 1.